The van der Waals surface area contributed by atoms with Gasteiger partial charge in [-0.2, -0.15) is 0 Å². The molecular weight excluding hydrogens is 266 g/mol. The molecule has 0 amide bonds. The van der Waals surface area contributed by atoms with Crippen LogP contribution in [0.15, 0.2) is 72.8 Å². The summed E-state index contributed by atoms with van der Waals surface area (Å²) in [5.74, 6) is -2.50. The van der Waals surface area contributed by atoms with Gasteiger partial charge in [0.1, 0.15) is 0 Å². The van der Waals surface area contributed by atoms with Gasteiger partial charge in [-0.15, -0.1) is 0 Å². The van der Waals surface area contributed by atoms with Crippen LogP contribution >= 0.6 is 0 Å². The van der Waals surface area contributed by atoms with Gasteiger partial charge in [0.05, 0.1) is 0 Å². The first-order valence-corrected chi connectivity index (χ1v) is 7.38. The van der Waals surface area contributed by atoms with Crippen molar-refractivity contribution in [2.24, 2.45) is 0 Å². The number of benzene rings is 2. The molecule has 0 spiro atoms. The molecule has 120 valence electrons. The zero-order valence-corrected chi connectivity index (χ0v) is 14.2. The highest BCUT2D eigenvalue weighted by Crippen LogP contribution is 2.06. The van der Waals surface area contributed by atoms with E-state index in [4.69, 9.17) is 0 Å². The molecule has 0 heterocycles. The molecular formula is C19H30F2. The zero-order chi connectivity index (χ0) is 17.0. The van der Waals surface area contributed by atoms with Crippen LogP contribution in [-0.2, 0) is 0 Å². The van der Waals surface area contributed by atoms with E-state index in [9.17, 15) is 8.78 Å². The molecule has 0 saturated heterocycles. The average molecular weight is 296 g/mol. The van der Waals surface area contributed by atoms with Gasteiger partial charge in [-0.1, -0.05) is 100 Å². The Morgan fingerprint density at radius 1 is 0.429 bits per heavy atom. The summed E-state index contributed by atoms with van der Waals surface area (Å²) in [4.78, 5) is 0. The maximum atomic E-state index is 11.0. The normalized spacial score (nSPS) is 8.00. The summed E-state index contributed by atoms with van der Waals surface area (Å²) >= 11 is 0. The molecule has 0 fully saturated rings. The van der Waals surface area contributed by atoms with E-state index < -0.39 is 5.92 Å². The highest BCUT2D eigenvalue weighted by atomic mass is 19.3. The number of halogens is 2. The first kappa shape index (κ1) is 24.3. The fraction of sp³-hybridized carbons (Fsp3) is 0.368. The standard InChI is InChI=1S/2C6H6.C3H6F2.2C2H6/c2*1-2-4-6-5-3-1;1-3(2,4)5;2*1-2/h2*1-6H;1-2H3;2*1-2H3. The maximum Gasteiger partial charge on any atom is 0.242 e. The molecule has 2 rings (SSSR count). The fourth-order valence-corrected chi connectivity index (χ4v) is 0.770. The predicted octanol–water partition coefficient (Wildman–Crippen LogP) is 7.09. The van der Waals surface area contributed by atoms with E-state index in [1.165, 1.54) is 0 Å². The molecule has 2 aromatic rings. The van der Waals surface area contributed by atoms with Crippen LogP contribution in [0, 0.1) is 0 Å². The van der Waals surface area contributed by atoms with Crippen LogP contribution < -0.4 is 0 Å². The number of rotatable bonds is 0. The largest absolute Gasteiger partial charge is 0.242 e. The van der Waals surface area contributed by atoms with E-state index in [2.05, 4.69) is 0 Å². The SMILES string of the molecule is CC.CC.CC(C)(F)F.c1ccccc1.c1ccccc1. The first-order chi connectivity index (χ1) is 10.0. The van der Waals surface area contributed by atoms with Gasteiger partial charge < -0.3 is 0 Å². The molecule has 0 saturated carbocycles. The summed E-state index contributed by atoms with van der Waals surface area (Å²) in [5, 5.41) is 0. The molecule has 0 nitrogen and oxygen atoms in total. The predicted molar refractivity (Wildman–Crippen MR) is 91.9 cm³/mol. The topological polar surface area (TPSA) is 0 Å². The summed E-state index contributed by atoms with van der Waals surface area (Å²) in [6.07, 6.45) is 0. The van der Waals surface area contributed by atoms with Gasteiger partial charge in [0, 0.05) is 0 Å². The summed E-state index contributed by atoms with van der Waals surface area (Å²) in [6, 6.07) is 24.0. The van der Waals surface area contributed by atoms with Gasteiger partial charge in [0.25, 0.3) is 0 Å². The fourth-order valence-electron chi connectivity index (χ4n) is 0.770. The molecule has 2 heteroatoms. The van der Waals surface area contributed by atoms with Crippen molar-refractivity contribution >= 4 is 0 Å². The van der Waals surface area contributed by atoms with Crippen molar-refractivity contribution in [1.82, 2.24) is 0 Å². The van der Waals surface area contributed by atoms with E-state index in [1.54, 1.807) is 0 Å². The Labute approximate surface area is 129 Å². The lowest BCUT2D eigenvalue weighted by Gasteiger charge is -1.94. The van der Waals surface area contributed by atoms with E-state index >= 15 is 0 Å². The van der Waals surface area contributed by atoms with E-state index in [-0.39, 0.29) is 0 Å². The van der Waals surface area contributed by atoms with Gasteiger partial charge in [-0.05, 0) is 13.8 Å². The minimum atomic E-state index is -2.50. The summed E-state index contributed by atoms with van der Waals surface area (Å²) in [6.45, 7) is 9.71. The average Bonchev–Trinajstić information content (AvgIpc) is 2.54. The summed E-state index contributed by atoms with van der Waals surface area (Å²) < 4.78 is 22.0. The Morgan fingerprint density at radius 2 is 0.476 bits per heavy atom. The Morgan fingerprint density at radius 3 is 0.524 bits per heavy atom. The van der Waals surface area contributed by atoms with Gasteiger partial charge in [-0.25, -0.2) is 8.78 Å². The Hall–Kier alpha value is -1.70. The monoisotopic (exact) mass is 296 g/mol. The molecule has 0 bridgehead atoms. The van der Waals surface area contributed by atoms with Crippen LogP contribution in [0.3, 0.4) is 0 Å². The molecule has 0 aliphatic heterocycles. The van der Waals surface area contributed by atoms with Crippen molar-refractivity contribution in [2.75, 3.05) is 0 Å². The highest BCUT2D eigenvalue weighted by molar-refractivity contribution is 4.99. The van der Waals surface area contributed by atoms with Crippen molar-refractivity contribution in [3.05, 3.63) is 72.8 Å². The van der Waals surface area contributed by atoms with Crippen molar-refractivity contribution in [3.8, 4) is 0 Å². The molecule has 2 aromatic carbocycles. The summed E-state index contributed by atoms with van der Waals surface area (Å²) in [7, 11) is 0. The van der Waals surface area contributed by atoms with Crippen molar-refractivity contribution in [3.63, 3.8) is 0 Å². The van der Waals surface area contributed by atoms with Gasteiger partial charge in [0.15, 0.2) is 0 Å². The summed E-state index contributed by atoms with van der Waals surface area (Å²) in [5.41, 5.74) is 0. The Bertz CT molecular complexity index is 248. The quantitative estimate of drug-likeness (QED) is 0.487. The zero-order valence-electron chi connectivity index (χ0n) is 14.2. The molecule has 0 unspecified atom stereocenters. The minimum absolute atomic E-state index is 0.854. The second-order valence-electron chi connectivity index (χ2n) is 3.64. The van der Waals surface area contributed by atoms with Crippen molar-refractivity contribution < 1.29 is 8.78 Å². The third-order valence-corrected chi connectivity index (χ3v) is 1.33. The van der Waals surface area contributed by atoms with Crippen LogP contribution in [0.1, 0.15) is 41.5 Å². The lowest BCUT2D eigenvalue weighted by atomic mass is 10.4. The molecule has 0 atom stereocenters. The molecule has 0 aliphatic carbocycles. The third-order valence-electron chi connectivity index (χ3n) is 1.33. The number of alkyl halides is 2. The first-order valence-electron chi connectivity index (χ1n) is 7.38. The maximum absolute atomic E-state index is 11.0. The van der Waals surface area contributed by atoms with E-state index in [0.29, 0.717) is 0 Å². The second-order valence-corrected chi connectivity index (χ2v) is 3.64. The lowest BCUT2D eigenvalue weighted by Crippen LogP contribution is -1.98. The van der Waals surface area contributed by atoms with Crippen LogP contribution in [-0.4, -0.2) is 5.92 Å². The van der Waals surface area contributed by atoms with Gasteiger partial charge in [0.2, 0.25) is 5.92 Å². The molecule has 0 aliphatic rings. The Kier molecular flexibility index (Phi) is 23.9. The Balaban J connectivity index is -0.000000208. The van der Waals surface area contributed by atoms with E-state index in [0.717, 1.165) is 13.8 Å². The molecule has 0 radical (unpaired) electrons. The smallest absolute Gasteiger partial charge is 0.208 e. The highest BCUT2D eigenvalue weighted by Gasteiger charge is 2.08. The van der Waals surface area contributed by atoms with Crippen LogP contribution in [0.4, 0.5) is 8.78 Å². The molecule has 0 N–H and O–H groups in total. The second kappa shape index (κ2) is 20.6. The van der Waals surface area contributed by atoms with Crippen LogP contribution in [0.5, 0.6) is 0 Å². The van der Waals surface area contributed by atoms with Gasteiger partial charge in [-0.3, -0.25) is 0 Å². The lowest BCUT2D eigenvalue weighted by molar-refractivity contribution is 0.0437. The number of hydrogen-bond donors (Lipinski definition) is 0. The number of hydrogen-bond acceptors (Lipinski definition) is 0. The van der Waals surface area contributed by atoms with Crippen LogP contribution in [0.25, 0.3) is 0 Å². The van der Waals surface area contributed by atoms with Crippen molar-refractivity contribution in [2.45, 2.75) is 47.5 Å². The van der Waals surface area contributed by atoms with Crippen LogP contribution in [0.2, 0.25) is 0 Å². The third kappa shape index (κ3) is 45.8. The minimum Gasteiger partial charge on any atom is -0.208 e. The van der Waals surface area contributed by atoms with Crippen molar-refractivity contribution in [1.29, 1.82) is 0 Å². The van der Waals surface area contributed by atoms with Gasteiger partial charge >= 0.3 is 0 Å². The van der Waals surface area contributed by atoms with E-state index in [1.807, 2.05) is 100 Å². The molecule has 0 aromatic heterocycles. The molecule has 21 heavy (non-hydrogen) atoms.